The number of halogens is 1. The van der Waals surface area contributed by atoms with Crippen LogP contribution in [0.5, 0.6) is 0 Å². The van der Waals surface area contributed by atoms with Crippen LogP contribution < -0.4 is 5.32 Å². The second-order valence-corrected chi connectivity index (χ2v) is 5.71. The molecule has 3 heterocycles. The number of ether oxygens (including phenoxy) is 1. The second kappa shape index (κ2) is 5.16. The summed E-state index contributed by atoms with van der Waals surface area (Å²) >= 11 is 6.07. The van der Waals surface area contributed by atoms with Gasteiger partial charge in [-0.1, -0.05) is 11.6 Å². The Morgan fingerprint density at radius 1 is 1.38 bits per heavy atom. The van der Waals surface area contributed by atoms with Crippen molar-refractivity contribution in [2.24, 2.45) is 0 Å². The van der Waals surface area contributed by atoms with Crippen molar-refractivity contribution in [3.63, 3.8) is 0 Å². The highest BCUT2D eigenvalue weighted by Crippen LogP contribution is 2.29. The summed E-state index contributed by atoms with van der Waals surface area (Å²) in [6.07, 6.45) is 4.09. The number of hydrogen-bond donors (Lipinski definition) is 2. The van der Waals surface area contributed by atoms with Crippen molar-refractivity contribution in [2.75, 3.05) is 18.5 Å². The normalized spacial score (nSPS) is 18.6. The molecule has 0 saturated carbocycles. The Hall–Kier alpha value is -1.85. The molecule has 0 aliphatic carbocycles. The zero-order valence-electron chi connectivity index (χ0n) is 11.4. The molecular weight excluding hydrogens is 288 g/mol. The minimum absolute atomic E-state index is 0.272. The van der Waals surface area contributed by atoms with Crippen LogP contribution in [0.25, 0.3) is 21.9 Å². The van der Waals surface area contributed by atoms with Crippen LogP contribution in [0.4, 0.5) is 5.82 Å². The molecule has 1 saturated heterocycles. The van der Waals surface area contributed by atoms with Crippen LogP contribution in [0.3, 0.4) is 0 Å². The summed E-state index contributed by atoms with van der Waals surface area (Å²) in [4.78, 5) is 12.1. The van der Waals surface area contributed by atoms with E-state index in [4.69, 9.17) is 16.3 Å². The first-order valence-corrected chi connectivity index (χ1v) is 7.46. The van der Waals surface area contributed by atoms with Gasteiger partial charge in [0.15, 0.2) is 5.82 Å². The third-order valence-electron chi connectivity index (χ3n) is 3.86. The van der Waals surface area contributed by atoms with Crippen molar-refractivity contribution >= 4 is 39.4 Å². The summed E-state index contributed by atoms with van der Waals surface area (Å²) in [6, 6.07) is 5.75. The van der Waals surface area contributed by atoms with Crippen molar-refractivity contribution in [1.82, 2.24) is 15.0 Å². The van der Waals surface area contributed by atoms with E-state index in [0.717, 1.165) is 53.7 Å². The van der Waals surface area contributed by atoms with Gasteiger partial charge in [-0.15, -0.1) is 0 Å². The van der Waals surface area contributed by atoms with E-state index in [-0.39, 0.29) is 6.10 Å². The minimum atomic E-state index is 0.272. The van der Waals surface area contributed by atoms with Gasteiger partial charge in [0.25, 0.3) is 0 Å². The van der Waals surface area contributed by atoms with Crippen LogP contribution in [-0.4, -0.2) is 34.2 Å². The lowest BCUT2D eigenvalue weighted by atomic mass is 10.2. The van der Waals surface area contributed by atoms with Crippen LogP contribution in [0.2, 0.25) is 5.02 Å². The number of hydrogen-bond acceptors (Lipinski definition) is 4. The Morgan fingerprint density at radius 3 is 3.19 bits per heavy atom. The molecule has 0 radical (unpaired) electrons. The molecule has 1 atom stereocenters. The van der Waals surface area contributed by atoms with Gasteiger partial charge in [0.2, 0.25) is 0 Å². The van der Waals surface area contributed by atoms with Gasteiger partial charge in [-0.05, 0) is 31.0 Å². The monoisotopic (exact) mass is 302 g/mol. The summed E-state index contributed by atoms with van der Waals surface area (Å²) < 4.78 is 5.63. The SMILES string of the molecule is Clc1ccc2[nH]c3c(NC[C@@H]4CCCO4)ncnc3c2c1. The number of rotatable bonds is 3. The molecule has 108 valence electrons. The van der Waals surface area contributed by atoms with Crippen LogP contribution in [0, 0.1) is 0 Å². The third kappa shape index (κ3) is 2.32. The highest BCUT2D eigenvalue weighted by molar-refractivity contribution is 6.31. The molecule has 0 amide bonds. The topological polar surface area (TPSA) is 62.8 Å². The van der Waals surface area contributed by atoms with E-state index in [1.807, 2.05) is 18.2 Å². The molecule has 2 aromatic heterocycles. The Morgan fingerprint density at radius 2 is 2.33 bits per heavy atom. The fourth-order valence-corrected chi connectivity index (χ4v) is 2.99. The highest BCUT2D eigenvalue weighted by Gasteiger charge is 2.16. The molecule has 1 fully saturated rings. The first-order valence-electron chi connectivity index (χ1n) is 7.09. The Kier molecular flexibility index (Phi) is 3.16. The predicted molar refractivity (Wildman–Crippen MR) is 83.9 cm³/mol. The smallest absolute Gasteiger partial charge is 0.153 e. The van der Waals surface area contributed by atoms with Crippen LogP contribution in [0.15, 0.2) is 24.5 Å². The van der Waals surface area contributed by atoms with E-state index in [0.29, 0.717) is 5.02 Å². The van der Waals surface area contributed by atoms with Crippen molar-refractivity contribution < 1.29 is 4.74 Å². The van der Waals surface area contributed by atoms with E-state index in [9.17, 15) is 0 Å². The zero-order chi connectivity index (χ0) is 14.2. The van der Waals surface area contributed by atoms with Crippen molar-refractivity contribution in [3.05, 3.63) is 29.5 Å². The molecule has 1 aliphatic heterocycles. The number of H-pyrrole nitrogens is 1. The molecule has 0 bridgehead atoms. The van der Waals surface area contributed by atoms with E-state index in [1.165, 1.54) is 0 Å². The Bertz CT molecular complexity index is 795. The number of nitrogens with one attached hydrogen (secondary N) is 2. The molecule has 0 spiro atoms. The van der Waals surface area contributed by atoms with Crippen LogP contribution in [-0.2, 0) is 4.74 Å². The molecule has 4 rings (SSSR count). The fraction of sp³-hybridized carbons (Fsp3) is 0.333. The zero-order valence-corrected chi connectivity index (χ0v) is 12.2. The average Bonchev–Trinajstić information content (AvgIpc) is 3.12. The van der Waals surface area contributed by atoms with E-state index in [2.05, 4.69) is 20.3 Å². The van der Waals surface area contributed by atoms with Crippen LogP contribution >= 0.6 is 11.6 Å². The lowest BCUT2D eigenvalue weighted by Crippen LogP contribution is -2.19. The summed E-state index contributed by atoms with van der Waals surface area (Å²) in [7, 11) is 0. The fourth-order valence-electron chi connectivity index (χ4n) is 2.81. The average molecular weight is 303 g/mol. The van der Waals surface area contributed by atoms with Crippen molar-refractivity contribution in [1.29, 1.82) is 0 Å². The summed E-state index contributed by atoms with van der Waals surface area (Å²) in [5.74, 6) is 0.808. The van der Waals surface area contributed by atoms with Gasteiger partial charge in [-0.2, -0.15) is 0 Å². The number of anilines is 1. The summed E-state index contributed by atoms with van der Waals surface area (Å²) in [6.45, 7) is 1.62. The Labute approximate surface area is 126 Å². The van der Waals surface area contributed by atoms with E-state index >= 15 is 0 Å². The van der Waals surface area contributed by atoms with Gasteiger partial charge < -0.3 is 15.0 Å². The Balaban J connectivity index is 1.73. The summed E-state index contributed by atoms with van der Waals surface area (Å²) in [5.41, 5.74) is 2.81. The lowest BCUT2D eigenvalue weighted by Gasteiger charge is -2.11. The number of fused-ring (bicyclic) bond motifs is 3. The van der Waals surface area contributed by atoms with Crippen LogP contribution in [0.1, 0.15) is 12.8 Å². The highest BCUT2D eigenvalue weighted by atomic mass is 35.5. The van der Waals surface area contributed by atoms with Gasteiger partial charge >= 0.3 is 0 Å². The molecular formula is C15H15ClN4O. The first-order chi connectivity index (χ1) is 10.3. The molecule has 5 nitrogen and oxygen atoms in total. The maximum atomic E-state index is 6.07. The third-order valence-corrected chi connectivity index (χ3v) is 4.10. The molecule has 3 aromatic rings. The second-order valence-electron chi connectivity index (χ2n) is 5.28. The number of benzene rings is 1. The molecule has 21 heavy (non-hydrogen) atoms. The standard InChI is InChI=1S/C15H15ClN4O/c16-9-3-4-12-11(6-9)13-14(20-12)15(19-8-18-13)17-7-10-2-1-5-21-10/h3-4,6,8,10,20H,1-2,5,7H2,(H,17,18,19)/t10-/m0/s1. The minimum Gasteiger partial charge on any atom is -0.376 e. The van der Waals surface area contributed by atoms with Gasteiger partial charge in [0.1, 0.15) is 17.4 Å². The van der Waals surface area contributed by atoms with Gasteiger partial charge in [0.05, 0.1) is 6.10 Å². The van der Waals surface area contributed by atoms with E-state index in [1.54, 1.807) is 6.33 Å². The number of aromatic amines is 1. The van der Waals surface area contributed by atoms with E-state index < -0.39 is 0 Å². The van der Waals surface area contributed by atoms with Gasteiger partial charge in [-0.3, -0.25) is 0 Å². The first kappa shape index (κ1) is 12.9. The predicted octanol–water partition coefficient (Wildman–Crippen LogP) is 3.36. The molecule has 2 N–H and O–H groups in total. The van der Waals surface area contributed by atoms with Crippen molar-refractivity contribution in [2.45, 2.75) is 18.9 Å². The maximum Gasteiger partial charge on any atom is 0.153 e. The van der Waals surface area contributed by atoms with Crippen molar-refractivity contribution in [3.8, 4) is 0 Å². The lowest BCUT2D eigenvalue weighted by molar-refractivity contribution is 0.120. The molecule has 0 unspecified atom stereocenters. The quantitative estimate of drug-likeness (QED) is 0.779. The van der Waals surface area contributed by atoms with Gasteiger partial charge in [-0.25, -0.2) is 9.97 Å². The molecule has 6 heteroatoms. The number of nitrogens with zero attached hydrogens (tertiary/aromatic N) is 2. The molecule has 1 aromatic carbocycles. The summed E-state index contributed by atoms with van der Waals surface area (Å²) in [5, 5.41) is 5.08. The largest absolute Gasteiger partial charge is 0.376 e. The maximum absolute atomic E-state index is 6.07. The molecule has 1 aliphatic rings. The van der Waals surface area contributed by atoms with Gasteiger partial charge in [0, 0.05) is 29.1 Å². The number of aromatic nitrogens is 3.